The van der Waals surface area contributed by atoms with Crippen LogP contribution >= 0.6 is 0 Å². The lowest BCUT2D eigenvalue weighted by Crippen LogP contribution is -2.45. The highest BCUT2D eigenvalue weighted by Crippen LogP contribution is 2.47. The number of carbonyl (C=O) groups is 1. The summed E-state index contributed by atoms with van der Waals surface area (Å²) in [5.41, 5.74) is 0.991. The van der Waals surface area contributed by atoms with Crippen molar-refractivity contribution in [2.24, 2.45) is 4.99 Å². The normalized spacial score (nSPS) is 15.9. The molecule has 1 aliphatic rings. The number of amides is 1. The van der Waals surface area contributed by atoms with Crippen LogP contribution in [0.25, 0.3) is 0 Å². The van der Waals surface area contributed by atoms with Gasteiger partial charge in [-0.2, -0.15) is 0 Å². The minimum atomic E-state index is -0.205. The summed E-state index contributed by atoms with van der Waals surface area (Å²) < 4.78 is 13.4. The number of carbonyl (C=O) groups excluding carboxylic acids is 1. The van der Waals surface area contributed by atoms with Crippen molar-refractivity contribution in [2.75, 3.05) is 26.7 Å². The summed E-state index contributed by atoms with van der Waals surface area (Å²) in [4.78, 5) is 15.7. The number of rotatable bonds is 7. The first-order chi connectivity index (χ1) is 11.1. The van der Waals surface area contributed by atoms with Gasteiger partial charge in [-0.1, -0.05) is 19.1 Å². The second-order valence-electron chi connectivity index (χ2n) is 5.92. The number of benzene rings is 1. The standard InChI is InChI=1S/C17H25FN4O/c1-3-9-20-15(23)11-21-16(19-2)22-12-17(7-8-17)13-5-4-6-14(18)10-13/h4-6,10H,3,7-9,11-12H2,1-2H3,(H,20,23)(H2,19,21,22). The van der Waals surface area contributed by atoms with Crippen LogP contribution < -0.4 is 16.0 Å². The van der Waals surface area contributed by atoms with E-state index in [1.807, 2.05) is 13.0 Å². The van der Waals surface area contributed by atoms with Crippen LogP contribution in [0.5, 0.6) is 0 Å². The molecule has 0 atom stereocenters. The van der Waals surface area contributed by atoms with Gasteiger partial charge in [-0.15, -0.1) is 0 Å². The van der Waals surface area contributed by atoms with E-state index < -0.39 is 0 Å². The van der Waals surface area contributed by atoms with Crippen LogP contribution in [0.4, 0.5) is 4.39 Å². The third-order valence-electron chi connectivity index (χ3n) is 4.10. The van der Waals surface area contributed by atoms with Crippen molar-refractivity contribution in [1.29, 1.82) is 0 Å². The Labute approximate surface area is 136 Å². The number of nitrogens with zero attached hydrogens (tertiary/aromatic N) is 1. The summed E-state index contributed by atoms with van der Waals surface area (Å²) >= 11 is 0. The average Bonchev–Trinajstić information content (AvgIpc) is 3.34. The van der Waals surface area contributed by atoms with Crippen LogP contribution in [0.3, 0.4) is 0 Å². The molecule has 0 radical (unpaired) electrons. The van der Waals surface area contributed by atoms with Crippen molar-refractivity contribution >= 4 is 11.9 Å². The van der Waals surface area contributed by atoms with Crippen LogP contribution in [0.1, 0.15) is 31.7 Å². The van der Waals surface area contributed by atoms with Crippen LogP contribution in [0.15, 0.2) is 29.3 Å². The Kier molecular flexibility index (Phi) is 5.96. The Morgan fingerprint density at radius 1 is 1.30 bits per heavy atom. The molecule has 1 fully saturated rings. The number of aliphatic imine (C=N–C) groups is 1. The van der Waals surface area contributed by atoms with Gasteiger partial charge in [-0.25, -0.2) is 4.39 Å². The molecule has 0 bridgehead atoms. The molecule has 0 saturated heterocycles. The van der Waals surface area contributed by atoms with Gasteiger partial charge in [0.05, 0.1) is 6.54 Å². The van der Waals surface area contributed by atoms with Gasteiger partial charge in [-0.3, -0.25) is 9.79 Å². The largest absolute Gasteiger partial charge is 0.356 e. The number of hydrogen-bond acceptors (Lipinski definition) is 2. The van der Waals surface area contributed by atoms with E-state index in [4.69, 9.17) is 0 Å². The number of nitrogens with one attached hydrogen (secondary N) is 3. The van der Waals surface area contributed by atoms with Gasteiger partial charge in [0.15, 0.2) is 5.96 Å². The molecular formula is C17H25FN4O. The first-order valence-corrected chi connectivity index (χ1v) is 8.07. The smallest absolute Gasteiger partial charge is 0.239 e. The fourth-order valence-electron chi connectivity index (χ4n) is 2.50. The van der Waals surface area contributed by atoms with Gasteiger partial charge in [-0.05, 0) is 37.0 Å². The summed E-state index contributed by atoms with van der Waals surface area (Å²) in [6.45, 7) is 3.55. The highest BCUT2D eigenvalue weighted by molar-refractivity contribution is 5.86. The molecule has 1 aromatic rings. The molecule has 6 heteroatoms. The third kappa shape index (κ3) is 4.94. The van der Waals surface area contributed by atoms with Gasteiger partial charge in [0.1, 0.15) is 5.82 Å². The minimum absolute atomic E-state index is 0.0236. The minimum Gasteiger partial charge on any atom is -0.356 e. The van der Waals surface area contributed by atoms with Gasteiger partial charge >= 0.3 is 0 Å². The fourth-order valence-corrected chi connectivity index (χ4v) is 2.50. The molecule has 2 rings (SSSR count). The highest BCUT2D eigenvalue weighted by atomic mass is 19.1. The Hall–Kier alpha value is -2.11. The molecule has 0 aliphatic heterocycles. The maximum Gasteiger partial charge on any atom is 0.239 e. The molecule has 1 saturated carbocycles. The molecule has 5 nitrogen and oxygen atoms in total. The van der Waals surface area contributed by atoms with E-state index in [0.29, 0.717) is 19.0 Å². The molecular weight excluding hydrogens is 295 g/mol. The molecule has 126 valence electrons. The number of guanidine groups is 1. The lowest BCUT2D eigenvalue weighted by Gasteiger charge is -2.19. The zero-order valence-corrected chi connectivity index (χ0v) is 13.8. The summed E-state index contributed by atoms with van der Waals surface area (Å²) in [5, 5.41) is 9.03. The van der Waals surface area contributed by atoms with Crippen LogP contribution in [-0.2, 0) is 10.2 Å². The van der Waals surface area contributed by atoms with E-state index in [-0.39, 0.29) is 23.7 Å². The number of halogens is 1. The first kappa shape index (κ1) is 17.2. The monoisotopic (exact) mass is 320 g/mol. The van der Waals surface area contributed by atoms with Crippen molar-refractivity contribution in [3.63, 3.8) is 0 Å². The first-order valence-electron chi connectivity index (χ1n) is 8.07. The predicted octanol–water partition coefficient (Wildman–Crippen LogP) is 1.55. The second kappa shape index (κ2) is 7.94. The molecule has 1 amide bonds. The zero-order chi connectivity index (χ0) is 16.7. The maximum atomic E-state index is 13.4. The quantitative estimate of drug-likeness (QED) is 0.527. The molecule has 0 aromatic heterocycles. The Balaban J connectivity index is 1.83. The van der Waals surface area contributed by atoms with E-state index in [0.717, 1.165) is 24.8 Å². The topological polar surface area (TPSA) is 65.5 Å². The highest BCUT2D eigenvalue weighted by Gasteiger charge is 2.44. The van der Waals surface area contributed by atoms with Crippen LogP contribution in [-0.4, -0.2) is 38.5 Å². The molecule has 0 spiro atoms. The van der Waals surface area contributed by atoms with E-state index in [1.54, 1.807) is 19.2 Å². The molecule has 0 heterocycles. The average molecular weight is 320 g/mol. The van der Waals surface area contributed by atoms with E-state index in [2.05, 4.69) is 20.9 Å². The van der Waals surface area contributed by atoms with Crippen LogP contribution in [0, 0.1) is 5.82 Å². The van der Waals surface area contributed by atoms with E-state index in [1.165, 1.54) is 6.07 Å². The van der Waals surface area contributed by atoms with Gasteiger partial charge in [0.2, 0.25) is 5.91 Å². The summed E-state index contributed by atoms with van der Waals surface area (Å²) in [7, 11) is 1.67. The van der Waals surface area contributed by atoms with Gasteiger partial charge < -0.3 is 16.0 Å². The van der Waals surface area contributed by atoms with E-state index >= 15 is 0 Å². The van der Waals surface area contributed by atoms with Gasteiger partial charge in [0, 0.05) is 25.6 Å². The Morgan fingerprint density at radius 3 is 2.70 bits per heavy atom. The van der Waals surface area contributed by atoms with Crippen molar-refractivity contribution in [3.05, 3.63) is 35.6 Å². The lowest BCUT2D eigenvalue weighted by atomic mass is 9.96. The molecule has 1 aliphatic carbocycles. The summed E-state index contributed by atoms with van der Waals surface area (Å²) in [6.07, 6.45) is 2.96. The molecule has 1 aromatic carbocycles. The zero-order valence-electron chi connectivity index (χ0n) is 13.8. The second-order valence-corrected chi connectivity index (χ2v) is 5.92. The van der Waals surface area contributed by atoms with Crippen molar-refractivity contribution in [3.8, 4) is 0 Å². The predicted molar refractivity (Wildman–Crippen MR) is 90.0 cm³/mol. The third-order valence-corrected chi connectivity index (χ3v) is 4.10. The van der Waals surface area contributed by atoms with Crippen LogP contribution in [0.2, 0.25) is 0 Å². The molecule has 0 unspecified atom stereocenters. The van der Waals surface area contributed by atoms with Crippen molar-refractivity contribution in [2.45, 2.75) is 31.6 Å². The lowest BCUT2D eigenvalue weighted by molar-refractivity contribution is -0.120. The molecule has 23 heavy (non-hydrogen) atoms. The summed E-state index contributed by atoms with van der Waals surface area (Å²) in [6, 6.07) is 6.77. The summed E-state index contributed by atoms with van der Waals surface area (Å²) in [5.74, 6) is 0.323. The van der Waals surface area contributed by atoms with Gasteiger partial charge in [0.25, 0.3) is 0 Å². The SMILES string of the molecule is CCCNC(=O)CNC(=NC)NCC1(c2cccc(F)c2)CC1. The fraction of sp³-hybridized carbons (Fsp3) is 0.529. The van der Waals surface area contributed by atoms with E-state index in [9.17, 15) is 9.18 Å². The molecule has 3 N–H and O–H groups in total. The van der Waals surface area contributed by atoms with Crippen molar-refractivity contribution < 1.29 is 9.18 Å². The Bertz CT molecular complexity index is 569. The number of hydrogen-bond donors (Lipinski definition) is 3. The maximum absolute atomic E-state index is 13.4. The Morgan fingerprint density at radius 2 is 2.09 bits per heavy atom. The van der Waals surface area contributed by atoms with Crippen molar-refractivity contribution in [1.82, 2.24) is 16.0 Å².